The molecule has 0 amide bonds. The quantitative estimate of drug-likeness (QED) is 0.778. The van der Waals surface area contributed by atoms with Crippen molar-refractivity contribution in [3.8, 4) is 0 Å². The molecule has 0 heterocycles. The number of hydrogen-bond donors (Lipinski definition) is 2. The van der Waals surface area contributed by atoms with Gasteiger partial charge < -0.3 is 10.2 Å². The van der Waals surface area contributed by atoms with E-state index < -0.39 is 35.1 Å². The molecule has 0 aromatic carbocycles. The zero-order valence-electron chi connectivity index (χ0n) is 16.2. The third-order valence-corrected chi connectivity index (χ3v) is 8.19. The van der Waals surface area contributed by atoms with Crippen LogP contribution in [0.15, 0.2) is 23.8 Å². The number of alkyl halides is 1. The van der Waals surface area contributed by atoms with Gasteiger partial charge in [0, 0.05) is 11.3 Å². The van der Waals surface area contributed by atoms with Crippen molar-refractivity contribution in [1.82, 2.24) is 0 Å². The van der Waals surface area contributed by atoms with Gasteiger partial charge in [0.1, 0.15) is 6.61 Å². The minimum Gasteiger partial charge on any atom is -0.390 e. The molecule has 0 aliphatic heterocycles. The highest BCUT2D eigenvalue weighted by atomic mass is 19.1. The lowest BCUT2D eigenvalue weighted by Gasteiger charge is -2.61. The molecular formula is C22H28FO4. The molecule has 4 aliphatic carbocycles. The van der Waals surface area contributed by atoms with E-state index in [1.807, 2.05) is 13.8 Å². The topological polar surface area (TPSA) is 74.6 Å². The Balaban J connectivity index is 1.80. The van der Waals surface area contributed by atoms with Crippen molar-refractivity contribution in [2.75, 3.05) is 6.61 Å². The van der Waals surface area contributed by atoms with Crippen molar-refractivity contribution >= 4 is 11.6 Å². The van der Waals surface area contributed by atoms with Crippen molar-refractivity contribution < 1.29 is 24.2 Å². The Labute approximate surface area is 159 Å². The fourth-order valence-corrected chi connectivity index (χ4v) is 7.04. The number of hydrogen-bond acceptors (Lipinski definition) is 4. The molecule has 0 spiro atoms. The Morgan fingerprint density at radius 1 is 1.33 bits per heavy atom. The van der Waals surface area contributed by atoms with Crippen LogP contribution in [0.2, 0.25) is 0 Å². The molecule has 5 heteroatoms. The van der Waals surface area contributed by atoms with E-state index in [1.165, 1.54) is 12.2 Å². The minimum absolute atomic E-state index is 0.0255. The summed E-state index contributed by atoms with van der Waals surface area (Å²) < 4.78 is 16.8. The molecule has 0 aromatic rings. The smallest absolute Gasteiger partial charge is 0.178 e. The number of aliphatic hydroxyl groups excluding tert-OH is 2. The molecule has 4 nitrogen and oxygen atoms in total. The maximum atomic E-state index is 16.8. The number of carbonyl (C=O) groups is 2. The predicted molar refractivity (Wildman–Crippen MR) is 98.2 cm³/mol. The highest BCUT2D eigenvalue weighted by Gasteiger charge is 2.71. The number of ketones is 2. The fourth-order valence-electron chi connectivity index (χ4n) is 7.04. The first-order valence-electron chi connectivity index (χ1n) is 9.92. The zero-order chi connectivity index (χ0) is 19.8. The Morgan fingerprint density at radius 2 is 2.04 bits per heavy atom. The summed E-state index contributed by atoms with van der Waals surface area (Å²) in [5, 5.41) is 20.5. The van der Waals surface area contributed by atoms with Crippen molar-refractivity contribution in [1.29, 1.82) is 0 Å². The fraction of sp³-hybridized carbons (Fsp3) is 0.682. The molecule has 4 aliphatic rings. The van der Waals surface area contributed by atoms with Gasteiger partial charge in [0.2, 0.25) is 0 Å². The van der Waals surface area contributed by atoms with Crippen molar-refractivity contribution in [2.45, 2.75) is 58.2 Å². The number of rotatable bonds is 2. The highest BCUT2D eigenvalue weighted by molar-refractivity contribution is 6.01. The number of Topliss-reactive ketones (excluding diaryl/α,β-unsaturated/α-hetero) is 1. The van der Waals surface area contributed by atoms with E-state index in [9.17, 15) is 19.8 Å². The summed E-state index contributed by atoms with van der Waals surface area (Å²) >= 11 is 0. The van der Waals surface area contributed by atoms with Gasteiger partial charge in [-0.1, -0.05) is 25.5 Å². The van der Waals surface area contributed by atoms with Crippen LogP contribution in [0.3, 0.4) is 0 Å². The first-order valence-corrected chi connectivity index (χ1v) is 9.92. The van der Waals surface area contributed by atoms with E-state index >= 15 is 4.39 Å². The molecule has 1 unspecified atom stereocenters. The van der Waals surface area contributed by atoms with Gasteiger partial charge in [-0.2, -0.15) is 0 Å². The van der Waals surface area contributed by atoms with Crippen LogP contribution in [0.4, 0.5) is 4.39 Å². The van der Waals surface area contributed by atoms with Gasteiger partial charge in [-0.05, 0) is 62.0 Å². The van der Waals surface area contributed by atoms with Crippen molar-refractivity contribution in [3.05, 3.63) is 29.7 Å². The van der Waals surface area contributed by atoms with Crippen LogP contribution in [0.25, 0.3) is 0 Å². The van der Waals surface area contributed by atoms with Crippen LogP contribution >= 0.6 is 0 Å². The molecule has 0 aromatic heterocycles. The second kappa shape index (κ2) is 5.84. The molecule has 0 saturated heterocycles. The first kappa shape index (κ1) is 19.0. The van der Waals surface area contributed by atoms with Crippen LogP contribution in [0, 0.1) is 34.5 Å². The molecular weight excluding hydrogens is 347 g/mol. The lowest BCUT2D eigenvalue weighted by molar-refractivity contribution is -0.187. The number of allylic oxidation sites excluding steroid dienone is 4. The largest absolute Gasteiger partial charge is 0.390 e. The van der Waals surface area contributed by atoms with Gasteiger partial charge in [-0.25, -0.2) is 4.39 Å². The highest BCUT2D eigenvalue weighted by Crippen LogP contribution is 2.70. The second-order valence-electron chi connectivity index (χ2n) is 9.40. The van der Waals surface area contributed by atoms with Crippen LogP contribution in [0.1, 0.15) is 46.5 Å². The number of fused-ring (bicyclic) bond motifs is 5. The molecule has 3 fully saturated rings. The summed E-state index contributed by atoms with van der Waals surface area (Å²) in [5.41, 5.74) is -2.70. The van der Waals surface area contributed by atoms with Gasteiger partial charge in [-0.3, -0.25) is 9.59 Å². The lowest BCUT2D eigenvalue weighted by Crippen LogP contribution is -2.66. The van der Waals surface area contributed by atoms with E-state index in [1.54, 1.807) is 13.0 Å². The third-order valence-electron chi connectivity index (χ3n) is 8.19. The molecule has 3 saturated carbocycles. The first-order chi connectivity index (χ1) is 12.6. The molecule has 1 radical (unpaired) electrons. The molecule has 147 valence electrons. The summed E-state index contributed by atoms with van der Waals surface area (Å²) in [6, 6.07) is 0. The maximum absolute atomic E-state index is 16.8. The monoisotopic (exact) mass is 375 g/mol. The summed E-state index contributed by atoms with van der Waals surface area (Å²) in [4.78, 5) is 24.3. The van der Waals surface area contributed by atoms with E-state index in [4.69, 9.17) is 0 Å². The van der Waals surface area contributed by atoms with Gasteiger partial charge >= 0.3 is 0 Å². The predicted octanol–water partition coefficient (Wildman–Crippen LogP) is 2.74. The molecule has 27 heavy (non-hydrogen) atoms. The van der Waals surface area contributed by atoms with Crippen LogP contribution in [-0.2, 0) is 9.59 Å². The van der Waals surface area contributed by atoms with Gasteiger partial charge in [0.05, 0.1) is 12.0 Å². The van der Waals surface area contributed by atoms with E-state index in [0.29, 0.717) is 25.2 Å². The summed E-state index contributed by atoms with van der Waals surface area (Å²) in [6.07, 6.45) is 5.40. The Kier molecular flexibility index (Phi) is 4.11. The van der Waals surface area contributed by atoms with Gasteiger partial charge in [0.25, 0.3) is 0 Å². The van der Waals surface area contributed by atoms with E-state index in [-0.39, 0.29) is 29.8 Å². The van der Waals surface area contributed by atoms with E-state index in [0.717, 1.165) is 5.57 Å². The average molecular weight is 375 g/mol. The minimum atomic E-state index is -1.87. The maximum Gasteiger partial charge on any atom is 0.178 e. The summed E-state index contributed by atoms with van der Waals surface area (Å²) in [7, 11) is 0. The number of aliphatic hydroxyl groups is 2. The van der Waals surface area contributed by atoms with Crippen LogP contribution in [0.5, 0.6) is 0 Å². The van der Waals surface area contributed by atoms with Crippen LogP contribution in [-0.4, -0.2) is 40.2 Å². The molecule has 2 N–H and O–H groups in total. The Morgan fingerprint density at radius 3 is 2.70 bits per heavy atom. The Bertz CT molecular complexity index is 757. The van der Waals surface area contributed by atoms with Gasteiger partial charge in [0.15, 0.2) is 17.2 Å². The van der Waals surface area contributed by atoms with E-state index in [2.05, 4.69) is 0 Å². The second-order valence-corrected chi connectivity index (χ2v) is 9.40. The third kappa shape index (κ3) is 2.21. The van der Waals surface area contributed by atoms with Crippen LogP contribution < -0.4 is 0 Å². The molecule has 0 bridgehead atoms. The summed E-state index contributed by atoms with van der Waals surface area (Å²) in [6.45, 7) is 5.18. The van der Waals surface area contributed by atoms with Gasteiger partial charge in [-0.15, -0.1) is 0 Å². The average Bonchev–Trinajstić information content (AvgIpc) is 2.86. The van der Waals surface area contributed by atoms with Crippen molar-refractivity contribution in [2.24, 2.45) is 28.6 Å². The normalized spacial score (nSPS) is 49.3. The zero-order valence-corrected chi connectivity index (χ0v) is 16.2. The lowest BCUT2D eigenvalue weighted by atomic mass is 9.45. The van der Waals surface area contributed by atoms with Crippen molar-refractivity contribution in [3.63, 3.8) is 0 Å². The SMILES string of the molecule is C[C@H]1C[C@H]2[C@@H]3CCC4=CC(=O)C=C[C@]4(C)C3(F)[C@@H](O)C[C@]2(C)[C]1C(=O)CO. The Hall–Kier alpha value is -1.33. The summed E-state index contributed by atoms with van der Waals surface area (Å²) in [5.74, 6) is -0.219. The molecule has 4 rings (SSSR count). The molecule has 7 atom stereocenters. The standard InChI is InChI=1S/C22H28FO4/c1-12-8-16-15-5-4-13-9-14(25)6-7-21(13,3)22(15,23)18(27)10-20(16,2)19(12)17(26)11-24/h6-7,9,12,15-16,18,24,27H,4-5,8,10-11H2,1-3H3/t12-,15-,16-,18-,20-,21-,22?/m0/s1. The number of carbonyl (C=O) groups excluding carboxylic acids is 2. The number of halogens is 1.